The number of aromatic nitrogens is 1. The summed E-state index contributed by atoms with van der Waals surface area (Å²) in [5.41, 5.74) is 2.26. The molecule has 1 aliphatic carbocycles. The highest BCUT2D eigenvalue weighted by molar-refractivity contribution is 7.16. The molecule has 1 aliphatic rings. The van der Waals surface area contributed by atoms with Crippen molar-refractivity contribution in [2.75, 3.05) is 5.32 Å². The van der Waals surface area contributed by atoms with Gasteiger partial charge in [-0.1, -0.05) is 63.3 Å². The molecule has 1 aromatic heterocycles. The summed E-state index contributed by atoms with van der Waals surface area (Å²) in [5, 5.41) is 12.0. The van der Waals surface area contributed by atoms with Crippen molar-refractivity contribution in [3.05, 3.63) is 75.2 Å². The number of thiazole rings is 1. The number of rotatable bonds is 10. The van der Waals surface area contributed by atoms with Gasteiger partial charge in [-0.05, 0) is 49.5 Å². The lowest BCUT2D eigenvalue weighted by Crippen LogP contribution is -2.13. The van der Waals surface area contributed by atoms with Crippen LogP contribution in [0.15, 0.2) is 42.0 Å². The smallest absolute Gasteiger partial charge is 0.331 e. The highest BCUT2D eigenvalue weighted by atomic mass is 32.1. The lowest BCUT2D eigenvalue weighted by Gasteiger charge is -2.24. The van der Waals surface area contributed by atoms with Crippen LogP contribution in [0.4, 0.5) is 13.9 Å². The second kappa shape index (κ2) is 11.8. The molecule has 3 aromatic rings. The molecule has 2 aromatic carbocycles. The number of hydrogen-bond acceptors (Lipinski definition) is 4. The van der Waals surface area contributed by atoms with Crippen LogP contribution >= 0.6 is 11.3 Å². The van der Waals surface area contributed by atoms with E-state index in [9.17, 15) is 18.4 Å². The molecular formula is C29H30F2N2O3S. The summed E-state index contributed by atoms with van der Waals surface area (Å²) in [5.74, 6) is -3.60. The number of amides is 1. The second-order valence-corrected chi connectivity index (χ2v) is 10.5. The van der Waals surface area contributed by atoms with Gasteiger partial charge in [-0.25, -0.2) is 18.6 Å². The fraction of sp³-hybridized carbons (Fsp3) is 0.345. The maximum Gasteiger partial charge on any atom is 0.331 e. The molecule has 5 nitrogen and oxygen atoms in total. The van der Waals surface area contributed by atoms with Crippen LogP contribution in [0.1, 0.15) is 84.7 Å². The first-order chi connectivity index (χ1) is 17.8. The molecule has 8 heteroatoms. The minimum absolute atomic E-state index is 0.210. The molecule has 0 saturated carbocycles. The first kappa shape index (κ1) is 26.7. The first-order valence-electron chi connectivity index (χ1n) is 12.6. The molecule has 0 radical (unpaired) electrons. The Hall–Kier alpha value is -3.39. The van der Waals surface area contributed by atoms with E-state index in [0.29, 0.717) is 11.0 Å². The van der Waals surface area contributed by atoms with Gasteiger partial charge in [-0.2, -0.15) is 0 Å². The first-order valence-corrected chi connectivity index (χ1v) is 13.4. The summed E-state index contributed by atoms with van der Waals surface area (Å²) in [4.78, 5) is 29.6. The Balaban J connectivity index is 1.52. The molecule has 2 N–H and O–H groups in total. The van der Waals surface area contributed by atoms with E-state index in [0.717, 1.165) is 47.2 Å². The summed E-state index contributed by atoms with van der Waals surface area (Å²) >= 11 is 1.39. The summed E-state index contributed by atoms with van der Waals surface area (Å²) in [6.45, 7) is 3.45. The van der Waals surface area contributed by atoms with Gasteiger partial charge in [0.25, 0.3) is 5.91 Å². The van der Waals surface area contributed by atoms with Gasteiger partial charge < -0.3 is 5.11 Å². The normalized spacial score (nSPS) is 14.7. The predicted octanol–water partition coefficient (Wildman–Crippen LogP) is 7.83. The van der Waals surface area contributed by atoms with Crippen LogP contribution in [0.5, 0.6) is 0 Å². The molecule has 194 valence electrons. The fourth-order valence-electron chi connectivity index (χ4n) is 4.71. The largest absolute Gasteiger partial charge is 0.478 e. The van der Waals surface area contributed by atoms with Gasteiger partial charge in [0.05, 0.1) is 5.69 Å². The van der Waals surface area contributed by atoms with Crippen molar-refractivity contribution >= 4 is 34.4 Å². The Morgan fingerprint density at radius 1 is 1.14 bits per heavy atom. The van der Waals surface area contributed by atoms with E-state index < -0.39 is 29.1 Å². The fourth-order valence-corrected chi connectivity index (χ4v) is 5.76. The molecule has 1 unspecified atom stereocenters. The van der Waals surface area contributed by atoms with Crippen LogP contribution in [0.2, 0.25) is 0 Å². The Labute approximate surface area is 219 Å². The van der Waals surface area contributed by atoms with Crippen molar-refractivity contribution in [3.63, 3.8) is 0 Å². The predicted molar refractivity (Wildman–Crippen MR) is 143 cm³/mol. The van der Waals surface area contributed by atoms with Crippen LogP contribution in [0.3, 0.4) is 0 Å². The van der Waals surface area contributed by atoms with E-state index in [1.807, 2.05) is 12.1 Å². The van der Waals surface area contributed by atoms with Crippen molar-refractivity contribution in [1.29, 1.82) is 0 Å². The third-order valence-corrected chi connectivity index (χ3v) is 7.69. The zero-order valence-corrected chi connectivity index (χ0v) is 21.8. The zero-order valence-electron chi connectivity index (χ0n) is 20.9. The number of carboxylic acid groups (broad SMARTS) is 1. The quantitative estimate of drug-likeness (QED) is 0.209. The highest BCUT2D eigenvalue weighted by Gasteiger charge is 2.28. The SMILES string of the molecule is CCCCCCCC1Cc2sc(NC(=O)c3cc(F)c(C=C(C)C(=O)O)c(F)c3)nc2-c2ccccc21. The Morgan fingerprint density at radius 2 is 1.84 bits per heavy atom. The standard InChI is InChI=1S/C29H30F2N2O3S/c1-3-4-5-6-7-10-18-16-25-26(21-12-9-8-11-20(18)21)32-29(37-25)33-27(34)19-14-23(30)22(24(31)15-19)13-17(2)28(35)36/h8-9,11-15,18H,3-7,10,16H2,1-2H3,(H,35,36)(H,32,33,34). The number of carboxylic acids is 1. The molecule has 0 aliphatic heterocycles. The third kappa shape index (κ3) is 6.13. The highest BCUT2D eigenvalue weighted by Crippen LogP contribution is 2.44. The number of benzene rings is 2. The van der Waals surface area contributed by atoms with Gasteiger partial charge in [-0.15, -0.1) is 11.3 Å². The minimum Gasteiger partial charge on any atom is -0.478 e. The van der Waals surface area contributed by atoms with Gasteiger partial charge in [0, 0.05) is 27.1 Å². The number of carbonyl (C=O) groups is 2. The number of hydrogen-bond donors (Lipinski definition) is 2. The topological polar surface area (TPSA) is 79.3 Å². The number of anilines is 1. The summed E-state index contributed by atoms with van der Waals surface area (Å²) < 4.78 is 29.1. The van der Waals surface area contributed by atoms with Gasteiger partial charge in [0.1, 0.15) is 11.6 Å². The number of aliphatic carboxylic acids is 1. The van der Waals surface area contributed by atoms with Crippen molar-refractivity contribution < 1.29 is 23.5 Å². The lowest BCUT2D eigenvalue weighted by molar-refractivity contribution is -0.132. The van der Waals surface area contributed by atoms with Crippen LogP contribution in [0.25, 0.3) is 17.3 Å². The van der Waals surface area contributed by atoms with E-state index in [4.69, 9.17) is 5.11 Å². The minimum atomic E-state index is -1.28. The molecule has 0 saturated heterocycles. The third-order valence-electron chi connectivity index (χ3n) is 6.70. The van der Waals surface area contributed by atoms with Crippen molar-refractivity contribution in [3.8, 4) is 11.3 Å². The molecule has 0 fully saturated rings. The van der Waals surface area contributed by atoms with Gasteiger partial charge in [0.15, 0.2) is 5.13 Å². The van der Waals surface area contributed by atoms with E-state index in [2.05, 4.69) is 29.4 Å². The van der Waals surface area contributed by atoms with Crippen molar-refractivity contribution in [1.82, 2.24) is 4.98 Å². The van der Waals surface area contributed by atoms with Crippen LogP contribution in [0, 0.1) is 11.6 Å². The lowest BCUT2D eigenvalue weighted by atomic mass is 9.81. The Kier molecular flexibility index (Phi) is 8.48. The molecule has 0 spiro atoms. The molecule has 37 heavy (non-hydrogen) atoms. The maximum atomic E-state index is 14.5. The molecule has 4 rings (SSSR count). The van der Waals surface area contributed by atoms with E-state index in [-0.39, 0.29) is 11.1 Å². The van der Waals surface area contributed by atoms with Crippen molar-refractivity contribution in [2.24, 2.45) is 0 Å². The number of fused-ring (bicyclic) bond motifs is 3. The van der Waals surface area contributed by atoms with E-state index >= 15 is 0 Å². The van der Waals surface area contributed by atoms with Crippen LogP contribution in [-0.4, -0.2) is 22.0 Å². The van der Waals surface area contributed by atoms with Gasteiger partial charge in [0.2, 0.25) is 0 Å². The molecule has 1 atom stereocenters. The second-order valence-electron chi connectivity index (χ2n) is 9.42. The average molecular weight is 525 g/mol. The summed E-state index contributed by atoms with van der Waals surface area (Å²) in [6.07, 6.45) is 8.98. The number of unbranched alkanes of at least 4 members (excludes halogenated alkanes) is 4. The van der Waals surface area contributed by atoms with E-state index in [1.165, 1.54) is 55.9 Å². The molecule has 1 heterocycles. The Bertz CT molecular complexity index is 1330. The molecular weight excluding hydrogens is 494 g/mol. The summed E-state index contributed by atoms with van der Waals surface area (Å²) in [6, 6.07) is 10.0. The molecule has 1 amide bonds. The van der Waals surface area contributed by atoms with E-state index in [1.54, 1.807) is 0 Å². The summed E-state index contributed by atoms with van der Waals surface area (Å²) in [7, 11) is 0. The molecule has 0 bridgehead atoms. The van der Waals surface area contributed by atoms with Gasteiger partial charge >= 0.3 is 5.97 Å². The number of halogens is 2. The van der Waals surface area contributed by atoms with Crippen LogP contribution < -0.4 is 5.32 Å². The maximum absolute atomic E-state index is 14.5. The number of nitrogens with one attached hydrogen (secondary N) is 1. The zero-order chi connectivity index (χ0) is 26.5. The average Bonchev–Trinajstić information content (AvgIpc) is 3.28. The van der Waals surface area contributed by atoms with Crippen molar-refractivity contribution in [2.45, 2.75) is 64.7 Å². The van der Waals surface area contributed by atoms with Crippen LogP contribution in [-0.2, 0) is 11.2 Å². The number of carbonyl (C=O) groups excluding carboxylic acids is 1. The Morgan fingerprint density at radius 3 is 2.54 bits per heavy atom. The number of nitrogens with zero attached hydrogens (tertiary/aromatic N) is 1. The van der Waals surface area contributed by atoms with Gasteiger partial charge in [-0.3, -0.25) is 10.1 Å². The monoisotopic (exact) mass is 524 g/mol.